The molecule has 2 amide bonds. The van der Waals surface area contributed by atoms with Gasteiger partial charge in [0, 0.05) is 12.4 Å². The van der Waals surface area contributed by atoms with Crippen molar-refractivity contribution in [1.82, 2.24) is 20.6 Å². The van der Waals surface area contributed by atoms with Gasteiger partial charge in [0.15, 0.2) is 0 Å². The first-order valence-corrected chi connectivity index (χ1v) is 9.48. The summed E-state index contributed by atoms with van der Waals surface area (Å²) in [7, 11) is 0. The van der Waals surface area contributed by atoms with Gasteiger partial charge in [-0.25, -0.2) is 9.78 Å². The molecule has 2 atom stereocenters. The average Bonchev–Trinajstić information content (AvgIpc) is 2.66. The van der Waals surface area contributed by atoms with Crippen molar-refractivity contribution in [1.29, 1.82) is 0 Å². The average molecular weight is 376 g/mol. The van der Waals surface area contributed by atoms with E-state index < -0.39 is 29.9 Å². The van der Waals surface area contributed by atoms with Crippen LogP contribution in [0.1, 0.15) is 62.9 Å². The van der Waals surface area contributed by atoms with Gasteiger partial charge in [-0.05, 0) is 31.1 Å². The van der Waals surface area contributed by atoms with Crippen LogP contribution in [0.4, 0.5) is 0 Å². The molecule has 0 bridgehead atoms. The first-order chi connectivity index (χ1) is 12.9. The minimum atomic E-state index is -1.07. The number of carbonyl (C=O) groups excluding carboxylic acids is 2. The molecule has 1 heterocycles. The minimum Gasteiger partial charge on any atom is -0.480 e. The van der Waals surface area contributed by atoms with Crippen LogP contribution in [-0.4, -0.2) is 44.9 Å². The molecule has 1 saturated carbocycles. The molecule has 148 valence electrons. The fourth-order valence-electron chi connectivity index (χ4n) is 3.45. The van der Waals surface area contributed by atoms with E-state index in [1.807, 2.05) is 13.8 Å². The standard InChI is InChI=1S/C19H28N4O4/c1-12(2)10-14(19(26)27)22-18(25)16(13-6-4-3-5-7-13)23-17(24)15-11-20-8-9-21-15/h8-9,11-14,16H,3-7,10H2,1-2H3,(H,22,25)(H,23,24)(H,26,27). The maximum atomic E-state index is 12.9. The van der Waals surface area contributed by atoms with Gasteiger partial charge in [0.1, 0.15) is 17.8 Å². The molecule has 0 aromatic carbocycles. The van der Waals surface area contributed by atoms with E-state index in [0.29, 0.717) is 6.42 Å². The van der Waals surface area contributed by atoms with Gasteiger partial charge in [-0.15, -0.1) is 0 Å². The van der Waals surface area contributed by atoms with Gasteiger partial charge >= 0.3 is 5.97 Å². The monoisotopic (exact) mass is 376 g/mol. The quantitative estimate of drug-likeness (QED) is 0.636. The first kappa shape index (κ1) is 20.8. The number of aliphatic carboxylic acids is 1. The highest BCUT2D eigenvalue weighted by Gasteiger charge is 2.33. The summed E-state index contributed by atoms with van der Waals surface area (Å²) in [5, 5.41) is 14.8. The van der Waals surface area contributed by atoms with E-state index in [1.165, 1.54) is 18.6 Å². The number of amides is 2. The molecule has 2 rings (SSSR count). The summed E-state index contributed by atoms with van der Waals surface area (Å²) in [5.41, 5.74) is 0.128. The van der Waals surface area contributed by atoms with E-state index in [2.05, 4.69) is 20.6 Å². The molecular weight excluding hydrogens is 348 g/mol. The van der Waals surface area contributed by atoms with Gasteiger partial charge in [-0.1, -0.05) is 33.1 Å². The molecule has 1 aliphatic carbocycles. The van der Waals surface area contributed by atoms with E-state index in [-0.39, 0.29) is 17.5 Å². The number of carbonyl (C=O) groups is 3. The summed E-state index contributed by atoms with van der Waals surface area (Å²) in [5.74, 6) is -1.90. The van der Waals surface area contributed by atoms with E-state index in [4.69, 9.17) is 0 Å². The summed E-state index contributed by atoms with van der Waals surface area (Å²) in [6.07, 6.45) is 9.27. The Morgan fingerprint density at radius 1 is 1.15 bits per heavy atom. The second-order valence-corrected chi connectivity index (χ2v) is 7.47. The lowest BCUT2D eigenvalue weighted by Crippen LogP contribution is -2.55. The maximum Gasteiger partial charge on any atom is 0.326 e. The maximum absolute atomic E-state index is 12.9. The minimum absolute atomic E-state index is 0.0205. The Hall–Kier alpha value is -2.51. The lowest BCUT2D eigenvalue weighted by molar-refractivity contribution is -0.142. The molecule has 0 radical (unpaired) electrons. The largest absolute Gasteiger partial charge is 0.480 e. The number of carboxylic acid groups (broad SMARTS) is 1. The van der Waals surface area contributed by atoms with Crippen LogP contribution in [0.25, 0.3) is 0 Å². The molecule has 27 heavy (non-hydrogen) atoms. The summed E-state index contributed by atoms with van der Waals surface area (Å²) < 4.78 is 0. The third kappa shape index (κ3) is 6.30. The summed E-state index contributed by atoms with van der Waals surface area (Å²) in [4.78, 5) is 44.7. The Labute approximate surface area is 159 Å². The van der Waals surface area contributed by atoms with Crippen LogP contribution in [0.5, 0.6) is 0 Å². The normalized spacial score (nSPS) is 17.1. The summed E-state index contributed by atoms with van der Waals surface area (Å²) >= 11 is 0. The molecule has 1 aliphatic rings. The molecule has 8 heteroatoms. The highest BCUT2D eigenvalue weighted by atomic mass is 16.4. The molecule has 0 aliphatic heterocycles. The third-order valence-electron chi connectivity index (χ3n) is 4.81. The summed E-state index contributed by atoms with van der Waals surface area (Å²) in [6.45, 7) is 3.80. The van der Waals surface area contributed by atoms with E-state index in [1.54, 1.807) is 0 Å². The van der Waals surface area contributed by atoms with Gasteiger partial charge in [-0.2, -0.15) is 0 Å². The Morgan fingerprint density at radius 3 is 2.41 bits per heavy atom. The number of carboxylic acids is 1. The topological polar surface area (TPSA) is 121 Å². The van der Waals surface area contributed by atoms with Crippen molar-refractivity contribution in [2.24, 2.45) is 11.8 Å². The SMILES string of the molecule is CC(C)CC(NC(=O)C(NC(=O)c1cnccn1)C1CCCCC1)C(=O)O. The molecule has 0 saturated heterocycles. The van der Waals surface area contributed by atoms with Crippen LogP contribution >= 0.6 is 0 Å². The number of rotatable bonds is 8. The third-order valence-corrected chi connectivity index (χ3v) is 4.81. The second-order valence-electron chi connectivity index (χ2n) is 7.47. The number of nitrogens with zero attached hydrogens (tertiary/aromatic N) is 2. The molecule has 8 nitrogen and oxygen atoms in total. The zero-order valence-corrected chi connectivity index (χ0v) is 15.9. The van der Waals surface area contributed by atoms with Crippen molar-refractivity contribution in [3.63, 3.8) is 0 Å². The van der Waals surface area contributed by atoms with Gasteiger partial charge in [0.2, 0.25) is 5.91 Å². The van der Waals surface area contributed by atoms with Crippen molar-refractivity contribution < 1.29 is 19.5 Å². The van der Waals surface area contributed by atoms with Crippen molar-refractivity contribution >= 4 is 17.8 Å². The summed E-state index contributed by atoms with van der Waals surface area (Å²) in [6, 6.07) is -1.76. The van der Waals surface area contributed by atoms with Crippen LogP contribution in [0.2, 0.25) is 0 Å². The Balaban J connectivity index is 2.14. The highest BCUT2D eigenvalue weighted by Crippen LogP contribution is 2.27. The number of nitrogens with one attached hydrogen (secondary N) is 2. The lowest BCUT2D eigenvalue weighted by atomic mass is 9.83. The Morgan fingerprint density at radius 2 is 1.85 bits per heavy atom. The van der Waals surface area contributed by atoms with Crippen molar-refractivity contribution in [3.05, 3.63) is 24.3 Å². The predicted octanol–water partition coefficient (Wildman–Crippen LogP) is 1.77. The number of aromatic nitrogens is 2. The fraction of sp³-hybridized carbons (Fsp3) is 0.632. The van der Waals surface area contributed by atoms with E-state index in [0.717, 1.165) is 32.1 Å². The van der Waals surface area contributed by atoms with Crippen molar-refractivity contribution in [3.8, 4) is 0 Å². The van der Waals surface area contributed by atoms with Crippen LogP contribution in [-0.2, 0) is 9.59 Å². The predicted molar refractivity (Wildman–Crippen MR) is 98.9 cm³/mol. The molecule has 2 unspecified atom stereocenters. The molecule has 1 fully saturated rings. The van der Waals surface area contributed by atoms with Gasteiger partial charge in [-0.3, -0.25) is 14.6 Å². The number of hydrogen-bond donors (Lipinski definition) is 3. The number of hydrogen-bond acceptors (Lipinski definition) is 5. The fourth-order valence-corrected chi connectivity index (χ4v) is 3.45. The highest BCUT2D eigenvalue weighted by molar-refractivity contribution is 5.96. The van der Waals surface area contributed by atoms with Crippen LogP contribution in [0.3, 0.4) is 0 Å². The lowest BCUT2D eigenvalue weighted by Gasteiger charge is -2.31. The Bertz CT molecular complexity index is 644. The molecule has 1 aromatic heterocycles. The molecule has 3 N–H and O–H groups in total. The van der Waals surface area contributed by atoms with Gasteiger partial charge in [0.05, 0.1) is 6.20 Å². The Kier molecular flexibility index (Phi) is 7.69. The molecule has 0 spiro atoms. The zero-order valence-electron chi connectivity index (χ0n) is 15.9. The first-order valence-electron chi connectivity index (χ1n) is 9.48. The van der Waals surface area contributed by atoms with Crippen molar-refractivity contribution in [2.75, 3.05) is 0 Å². The molecule has 1 aromatic rings. The van der Waals surface area contributed by atoms with E-state index in [9.17, 15) is 19.5 Å². The van der Waals surface area contributed by atoms with E-state index >= 15 is 0 Å². The smallest absolute Gasteiger partial charge is 0.326 e. The zero-order chi connectivity index (χ0) is 19.8. The van der Waals surface area contributed by atoms with Crippen molar-refractivity contribution in [2.45, 2.75) is 64.5 Å². The van der Waals surface area contributed by atoms with Crippen LogP contribution in [0, 0.1) is 11.8 Å². The van der Waals surface area contributed by atoms with Crippen LogP contribution < -0.4 is 10.6 Å². The second kappa shape index (κ2) is 9.99. The molecular formula is C19H28N4O4. The van der Waals surface area contributed by atoms with Gasteiger partial charge < -0.3 is 15.7 Å². The van der Waals surface area contributed by atoms with Gasteiger partial charge in [0.25, 0.3) is 5.91 Å². The van der Waals surface area contributed by atoms with Crippen LogP contribution in [0.15, 0.2) is 18.6 Å².